The fraction of sp³-hybridized carbons (Fsp3) is 0.533. The Labute approximate surface area is 234 Å². The van der Waals surface area contributed by atoms with Crippen molar-refractivity contribution in [3.63, 3.8) is 0 Å². The maximum Gasteiger partial charge on any atom is 0.320 e. The number of carbonyl (C=O) groups is 2. The number of urea groups is 1. The minimum Gasteiger partial charge on any atom is -0.489 e. The molecule has 0 bridgehead atoms. The Morgan fingerprint density at radius 1 is 1.07 bits per heavy atom. The molecule has 10 heteroatoms. The number of rotatable bonds is 12. The molecule has 8 nitrogen and oxygen atoms in total. The highest BCUT2D eigenvalue weighted by Crippen LogP contribution is 2.22. The van der Waals surface area contributed by atoms with Crippen molar-refractivity contribution in [1.82, 2.24) is 20.4 Å². The van der Waals surface area contributed by atoms with Crippen molar-refractivity contribution in [2.75, 3.05) is 32.7 Å². The number of ether oxygens (including phenoxy) is 1. The molecular formula is C30H40F2N4O4. The van der Waals surface area contributed by atoms with Crippen LogP contribution in [0, 0.1) is 17.6 Å². The van der Waals surface area contributed by atoms with E-state index in [1.807, 2.05) is 44.2 Å². The zero-order valence-corrected chi connectivity index (χ0v) is 23.2. The van der Waals surface area contributed by atoms with Gasteiger partial charge >= 0.3 is 6.03 Å². The predicted octanol–water partition coefficient (Wildman–Crippen LogP) is 3.34. The first kappa shape index (κ1) is 29.7. The molecule has 2 fully saturated rings. The third-order valence-corrected chi connectivity index (χ3v) is 7.48. The van der Waals surface area contributed by atoms with E-state index in [1.165, 1.54) is 12.1 Å². The Morgan fingerprint density at radius 3 is 2.30 bits per heavy atom. The number of benzene rings is 2. The molecule has 0 spiro atoms. The van der Waals surface area contributed by atoms with Crippen molar-refractivity contribution in [3.05, 3.63) is 65.7 Å². The summed E-state index contributed by atoms with van der Waals surface area (Å²) >= 11 is 0. The highest BCUT2D eigenvalue weighted by atomic mass is 19.1. The summed E-state index contributed by atoms with van der Waals surface area (Å²) < 4.78 is 34.0. The monoisotopic (exact) mass is 558 g/mol. The van der Waals surface area contributed by atoms with Crippen LogP contribution < -0.4 is 15.4 Å². The zero-order chi connectivity index (χ0) is 28.6. The van der Waals surface area contributed by atoms with E-state index < -0.39 is 35.7 Å². The number of aliphatic hydroxyl groups is 1. The highest BCUT2D eigenvalue weighted by Gasteiger charge is 2.39. The molecule has 3 amide bonds. The van der Waals surface area contributed by atoms with E-state index in [9.17, 15) is 23.5 Å². The topological polar surface area (TPSA) is 94.1 Å². The molecule has 4 atom stereocenters. The molecule has 2 aliphatic rings. The van der Waals surface area contributed by atoms with Gasteiger partial charge in [-0.25, -0.2) is 13.6 Å². The maximum atomic E-state index is 14.0. The summed E-state index contributed by atoms with van der Waals surface area (Å²) in [4.78, 5) is 29.8. The number of carbonyl (C=O) groups excluding carboxylic acids is 2. The molecule has 0 unspecified atom stereocenters. The van der Waals surface area contributed by atoms with Gasteiger partial charge in [0, 0.05) is 51.3 Å². The summed E-state index contributed by atoms with van der Waals surface area (Å²) in [6.07, 6.45) is 0.834. The molecule has 2 aromatic rings. The van der Waals surface area contributed by atoms with Gasteiger partial charge < -0.3 is 30.3 Å². The lowest BCUT2D eigenvalue weighted by Crippen LogP contribution is -2.59. The SMILES string of the molecule is CCCN1CC(C(=O)N[C@@H](Cc2cc(F)cc(F)c2)[C@H](O)[C@H]2C[C@@H](Oc3ccccc3)CN2)CN(CCC)C1=O. The maximum absolute atomic E-state index is 14.0. The number of amides is 3. The van der Waals surface area contributed by atoms with Crippen molar-refractivity contribution in [2.24, 2.45) is 5.92 Å². The summed E-state index contributed by atoms with van der Waals surface area (Å²) in [7, 11) is 0. The number of hydrogen-bond donors (Lipinski definition) is 3. The van der Waals surface area contributed by atoms with Crippen LogP contribution in [0.2, 0.25) is 0 Å². The third kappa shape index (κ3) is 7.69. The number of aliphatic hydroxyl groups excluding tert-OH is 1. The molecule has 218 valence electrons. The van der Waals surface area contributed by atoms with Crippen LogP contribution in [0.4, 0.5) is 13.6 Å². The molecule has 3 N–H and O–H groups in total. The Balaban J connectivity index is 1.49. The molecule has 4 rings (SSSR count). The van der Waals surface area contributed by atoms with Gasteiger partial charge in [-0.15, -0.1) is 0 Å². The van der Waals surface area contributed by atoms with Crippen LogP contribution in [-0.2, 0) is 11.2 Å². The standard InChI is InChI=1S/C30H40F2N4O4/c1-3-10-35-18-21(19-36(11-4-2)30(35)39)29(38)34-27(14-20-12-22(31)15-23(32)13-20)28(37)26-16-25(17-33-26)40-24-8-6-5-7-9-24/h5-9,12-13,15,21,25-28,33,37H,3-4,10-11,14,16-19H2,1-2H3,(H,34,38)/t25-,26-,27+,28-/m1/s1. The second kappa shape index (κ2) is 13.9. The third-order valence-electron chi connectivity index (χ3n) is 7.48. The second-order valence-electron chi connectivity index (χ2n) is 10.8. The van der Waals surface area contributed by atoms with Gasteiger partial charge in [-0.2, -0.15) is 0 Å². The summed E-state index contributed by atoms with van der Waals surface area (Å²) in [5.74, 6) is -1.52. The Bertz CT molecular complexity index is 1100. The van der Waals surface area contributed by atoms with Gasteiger partial charge in [-0.1, -0.05) is 32.0 Å². The Kier molecular flexibility index (Phi) is 10.3. The summed E-state index contributed by atoms with van der Waals surface area (Å²) in [6, 6.07) is 11.3. The first-order chi connectivity index (χ1) is 19.3. The molecule has 40 heavy (non-hydrogen) atoms. The molecule has 2 aliphatic heterocycles. The highest BCUT2D eigenvalue weighted by molar-refractivity contribution is 5.83. The van der Waals surface area contributed by atoms with Crippen molar-refractivity contribution in [2.45, 2.75) is 63.8 Å². The average Bonchev–Trinajstić information content (AvgIpc) is 3.38. The number of hydrogen-bond acceptors (Lipinski definition) is 5. The van der Waals surface area contributed by atoms with Crippen LogP contribution in [-0.4, -0.2) is 83.9 Å². The lowest BCUT2D eigenvalue weighted by atomic mass is 9.93. The lowest BCUT2D eigenvalue weighted by Gasteiger charge is -2.40. The molecule has 2 aromatic carbocycles. The fourth-order valence-corrected chi connectivity index (χ4v) is 5.62. The van der Waals surface area contributed by atoms with Crippen LogP contribution in [0.15, 0.2) is 48.5 Å². The van der Waals surface area contributed by atoms with E-state index in [0.29, 0.717) is 31.6 Å². The summed E-state index contributed by atoms with van der Waals surface area (Å²) in [6.45, 7) is 6.13. The van der Waals surface area contributed by atoms with Crippen molar-refractivity contribution in [1.29, 1.82) is 0 Å². The van der Waals surface area contributed by atoms with Crippen molar-refractivity contribution >= 4 is 11.9 Å². The van der Waals surface area contributed by atoms with Gasteiger partial charge in [0.1, 0.15) is 23.5 Å². The van der Waals surface area contributed by atoms with Crippen LogP contribution in [0.5, 0.6) is 5.75 Å². The van der Waals surface area contributed by atoms with E-state index >= 15 is 0 Å². The van der Waals surface area contributed by atoms with Crippen LogP contribution in [0.3, 0.4) is 0 Å². The largest absolute Gasteiger partial charge is 0.489 e. The van der Waals surface area contributed by atoms with E-state index in [-0.39, 0.29) is 37.6 Å². The average molecular weight is 559 g/mol. The summed E-state index contributed by atoms with van der Waals surface area (Å²) in [5, 5.41) is 17.7. The quantitative estimate of drug-likeness (QED) is 0.372. The number of halogens is 2. The molecule has 0 radical (unpaired) electrons. The first-order valence-electron chi connectivity index (χ1n) is 14.2. The van der Waals surface area contributed by atoms with Crippen molar-refractivity contribution < 1.29 is 28.2 Å². The van der Waals surface area contributed by atoms with Gasteiger partial charge in [0.25, 0.3) is 0 Å². The first-order valence-corrected chi connectivity index (χ1v) is 14.2. The molecular weight excluding hydrogens is 518 g/mol. The number of para-hydroxylation sites is 1. The lowest BCUT2D eigenvalue weighted by molar-refractivity contribution is -0.128. The van der Waals surface area contributed by atoms with E-state index in [0.717, 1.165) is 24.7 Å². The predicted molar refractivity (Wildman–Crippen MR) is 148 cm³/mol. The van der Waals surface area contributed by atoms with E-state index in [1.54, 1.807) is 9.80 Å². The van der Waals surface area contributed by atoms with E-state index in [4.69, 9.17) is 4.74 Å². The number of nitrogens with one attached hydrogen (secondary N) is 2. The van der Waals surface area contributed by atoms with Crippen molar-refractivity contribution in [3.8, 4) is 5.75 Å². The van der Waals surface area contributed by atoms with E-state index in [2.05, 4.69) is 10.6 Å². The van der Waals surface area contributed by atoms with Gasteiger partial charge in [0.15, 0.2) is 0 Å². The molecule has 2 heterocycles. The fourth-order valence-electron chi connectivity index (χ4n) is 5.62. The minimum absolute atomic E-state index is 0.0347. The van der Waals surface area contributed by atoms with Crippen LogP contribution in [0.1, 0.15) is 38.7 Å². The minimum atomic E-state index is -1.05. The normalized spacial score (nSPS) is 21.4. The van der Waals surface area contributed by atoms with Crippen LogP contribution in [0.25, 0.3) is 0 Å². The molecule has 0 aliphatic carbocycles. The Hall–Kier alpha value is -3.24. The smallest absolute Gasteiger partial charge is 0.320 e. The summed E-state index contributed by atoms with van der Waals surface area (Å²) in [5.41, 5.74) is 0.330. The molecule has 0 aromatic heterocycles. The Morgan fingerprint density at radius 2 is 1.70 bits per heavy atom. The molecule has 2 saturated heterocycles. The van der Waals surface area contributed by atoms with Gasteiger partial charge in [0.2, 0.25) is 5.91 Å². The van der Waals surface area contributed by atoms with Crippen LogP contribution >= 0.6 is 0 Å². The molecule has 0 saturated carbocycles. The number of nitrogens with zero attached hydrogens (tertiary/aromatic N) is 2. The van der Waals surface area contributed by atoms with Gasteiger partial charge in [-0.3, -0.25) is 4.79 Å². The second-order valence-corrected chi connectivity index (χ2v) is 10.8. The zero-order valence-electron chi connectivity index (χ0n) is 23.2. The van der Waals surface area contributed by atoms with Gasteiger partial charge in [-0.05, 0) is 49.1 Å². The van der Waals surface area contributed by atoms with Gasteiger partial charge in [0.05, 0.1) is 18.1 Å².